The maximum absolute atomic E-state index is 5.88. The van der Waals surface area contributed by atoms with E-state index in [2.05, 4.69) is 22.5 Å². The number of nitrogens with one attached hydrogen (secondary N) is 2. The SMILES string of the molecule is CN=C(NCCOc1cccc(Cl)c1)NC1CC1C.I. The molecule has 6 heteroatoms. The van der Waals surface area contributed by atoms with Gasteiger partial charge in [-0.15, -0.1) is 24.0 Å². The van der Waals surface area contributed by atoms with E-state index in [1.54, 1.807) is 13.1 Å². The Morgan fingerprint density at radius 1 is 1.50 bits per heavy atom. The van der Waals surface area contributed by atoms with Crippen LogP contribution in [0.5, 0.6) is 5.75 Å². The Kier molecular flexibility index (Phi) is 7.43. The molecule has 2 rings (SSSR count). The molecular weight excluding hydrogens is 389 g/mol. The Hall–Kier alpha value is -0.690. The highest BCUT2D eigenvalue weighted by atomic mass is 127. The average Bonchev–Trinajstić information content (AvgIpc) is 3.09. The molecule has 0 bridgehead atoms. The molecule has 1 aliphatic carbocycles. The Bertz CT molecular complexity index is 456. The summed E-state index contributed by atoms with van der Waals surface area (Å²) in [4.78, 5) is 4.18. The molecule has 0 saturated heterocycles. The van der Waals surface area contributed by atoms with Crippen molar-refractivity contribution < 1.29 is 4.74 Å². The van der Waals surface area contributed by atoms with Gasteiger partial charge in [-0.25, -0.2) is 0 Å². The van der Waals surface area contributed by atoms with Crippen molar-refractivity contribution in [2.45, 2.75) is 19.4 Å². The molecule has 1 aromatic carbocycles. The molecule has 0 aliphatic heterocycles. The fourth-order valence-electron chi connectivity index (χ4n) is 1.79. The first kappa shape index (κ1) is 17.4. The van der Waals surface area contributed by atoms with Crippen molar-refractivity contribution in [1.29, 1.82) is 0 Å². The molecule has 1 saturated carbocycles. The third kappa shape index (κ3) is 5.75. The molecule has 4 nitrogen and oxygen atoms in total. The topological polar surface area (TPSA) is 45.7 Å². The monoisotopic (exact) mass is 409 g/mol. The zero-order valence-corrected chi connectivity index (χ0v) is 14.8. The van der Waals surface area contributed by atoms with E-state index in [1.807, 2.05) is 18.2 Å². The van der Waals surface area contributed by atoms with Crippen molar-refractivity contribution in [1.82, 2.24) is 10.6 Å². The van der Waals surface area contributed by atoms with Gasteiger partial charge in [0, 0.05) is 18.1 Å². The smallest absolute Gasteiger partial charge is 0.191 e. The van der Waals surface area contributed by atoms with Gasteiger partial charge < -0.3 is 15.4 Å². The molecule has 2 N–H and O–H groups in total. The van der Waals surface area contributed by atoms with Crippen LogP contribution in [-0.2, 0) is 0 Å². The second kappa shape index (κ2) is 8.56. The average molecular weight is 410 g/mol. The number of hydrogen-bond donors (Lipinski definition) is 2. The molecular formula is C14H21ClIN3O. The normalized spacial score (nSPS) is 20.9. The Morgan fingerprint density at radius 2 is 2.25 bits per heavy atom. The highest BCUT2D eigenvalue weighted by Gasteiger charge is 2.33. The van der Waals surface area contributed by atoms with Crippen molar-refractivity contribution in [2.24, 2.45) is 10.9 Å². The minimum atomic E-state index is 0. The first-order valence-electron chi connectivity index (χ1n) is 6.54. The summed E-state index contributed by atoms with van der Waals surface area (Å²) in [5, 5.41) is 7.27. The summed E-state index contributed by atoms with van der Waals surface area (Å²) < 4.78 is 5.59. The molecule has 0 radical (unpaired) electrons. The molecule has 1 aliphatic rings. The summed E-state index contributed by atoms with van der Waals surface area (Å²) in [5.74, 6) is 2.37. The maximum atomic E-state index is 5.88. The largest absolute Gasteiger partial charge is 0.492 e. The highest BCUT2D eigenvalue weighted by Crippen LogP contribution is 2.28. The highest BCUT2D eigenvalue weighted by molar-refractivity contribution is 14.0. The third-order valence-corrected chi connectivity index (χ3v) is 3.35. The predicted molar refractivity (Wildman–Crippen MR) is 94.4 cm³/mol. The van der Waals surface area contributed by atoms with Crippen molar-refractivity contribution in [3.8, 4) is 5.75 Å². The van der Waals surface area contributed by atoms with Crippen molar-refractivity contribution in [3.63, 3.8) is 0 Å². The number of benzene rings is 1. The Morgan fingerprint density at radius 3 is 2.85 bits per heavy atom. The van der Waals surface area contributed by atoms with Gasteiger partial charge in [0.05, 0.1) is 6.54 Å². The van der Waals surface area contributed by atoms with Crippen LogP contribution in [0.15, 0.2) is 29.3 Å². The quantitative estimate of drug-likeness (QED) is 0.340. The van der Waals surface area contributed by atoms with Crippen LogP contribution in [0.2, 0.25) is 5.02 Å². The summed E-state index contributed by atoms with van der Waals surface area (Å²) in [6, 6.07) is 7.97. The van der Waals surface area contributed by atoms with Crippen LogP contribution >= 0.6 is 35.6 Å². The standard InChI is InChI=1S/C14H20ClN3O.HI/c1-10-8-13(10)18-14(16-2)17-6-7-19-12-5-3-4-11(15)9-12;/h3-5,9-10,13H,6-8H2,1-2H3,(H2,16,17,18);1H. The number of ether oxygens (including phenoxy) is 1. The van der Waals surface area contributed by atoms with Crippen LogP contribution in [0.1, 0.15) is 13.3 Å². The number of hydrogen-bond acceptors (Lipinski definition) is 2. The lowest BCUT2D eigenvalue weighted by atomic mass is 10.3. The fraction of sp³-hybridized carbons (Fsp3) is 0.500. The van der Waals surface area contributed by atoms with Crippen molar-refractivity contribution >= 4 is 41.5 Å². The van der Waals surface area contributed by atoms with E-state index in [-0.39, 0.29) is 24.0 Å². The molecule has 0 spiro atoms. The van der Waals surface area contributed by atoms with E-state index in [0.29, 0.717) is 24.2 Å². The van der Waals surface area contributed by atoms with Gasteiger partial charge in [0.25, 0.3) is 0 Å². The van der Waals surface area contributed by atoms with Gasteiger partial charge >= 0.3 is 0 Å². The molecule has 1 aromatic rings. The summed E-state index contributed by atoms with van der Waals surface area (Å²) in [5.41, 5.74) is 0. The lowest BCUT2D eigenvalue weighted by molar-refractivity contribution is 0.322. The first-order valence-corrected chi connectivity index (χ1v) is 6.92. The number of aliphatic imine (C=N–C) groups is 1. The Labute approximate surface area is 142 Å². The van der Waals surface area contributed by atoms with E-state index in [1.165, 1.54) is 6.42 Å². The second-order valence-electron chi connectivity index (χ2n) is 4.77. The molecule has 2 unspecified atom stereocenters. The second-order valence-corrected chi connectivity index (χ2v) is 5.21. The number of guanidine groups is 1. The van der Waals surface area contributed by atoms with Gasteiger partial charge in [-0.05, 0) is 30.5 Å². The first-order chi connectivity index (χ1) is 9.19. The van der Waals surface area contributed by atoms with Crippen LogP contribution in [0.4, 0.5) is 0 Å². The lowest BCUT2D eigenvalue weighted by Crippen LogP contribution is -2.40. The molecule has 0 heterocycles. The zero-order chi connectivity index (χ0) is 13.7. The molecule has 112 valence electrons. The molecule has 2 atom stereocenters. The van der Waals surface area contributed by atoms with Gasteiger partial charge in [-0.1, -0.05) is 24.6 Å². The van der Waals surface area contributed by atoms with Gasteiger partial charge in [-0.2, -0.15) is 0 Å². The molecule has 0 aromatic heterocycles. The van der Waals surface area contributed by atoms with Gasteiger partial charge in [-0.3, -0.25) is 4.99 Å². The summed E-state index contributed by atoms with van der Waals surface area (Å²) >= 11 is 5.88. The van der Waals surface area contributed by atoms with Gasteiger partial charge in [0.1, 0.15) is 12.4 Å². The predicted octanol–water partition coefficient (Wildman–Crippen LogP) is 2.91. The number of nitrogens with zero attached hydrogens (tertiary/aromatic N) is 1. The summed E-state index contributed by atoms with van der Waals surface area (Å²) in [7, 11) is 1.78. The van der Waals surface area contributed by atoms with E-state index in [0.717, 1.165) is 17.6 Å². The van der Waals surface area contributed by atoms with Crippen molar-refractivity contribution in [2.75, 3.05) is 20.2 Å². The van der Waals surface area contributed by atoms with Gasteiger partial charge in [0.2, 0.25) is 0 Å². The van der Waals surface area contributed by atoms with Crippen LogP contribution in [0, 0.1) is 5.92 Å². The number of halogens is 2. The van der Waals surface area contributed by atoms with E-state index in [9.17, 15) is 0 Å². The van der Waals surface area contributed by atoms with E-state index in [4.69, 9.17) is 16.3 Å². The minimum Gasteiger partial charge on any atom is -0.492 e. The van der Waals surface area contributed by atoms with Gasteiger partial charge in [0.15, 0.2) is 5.96 Å². The molecule has 20 heavy (non-hydrogen) atoms. The molecule has 0 amide bonds. The number of rotatable bonds is 5. The fourth-order valence-corrected chi connectivity index (χ4v) is 1.97. The van der Waals surface area contributed by atoms with Crippen LogP contribution in [0.3, 0.4) is 0 Å². The van der Waals surface area contributed by atoms with Crippen LogP contribution < -0.4 is 15.4 Å². The summed E-state index contributed by atoms with van der Waals surface area (Å²) in [6.45, 7) is 3.50. The van der Waals surface area contributed by atoms with E-state index < -0.39 is 0 Å². The van der Waals surface area contributed by atoms with Crippen molar-refractivity contribution in [3.05, 3.63) is 29.3 Å². The van der Waals surface area contributed by atoms with E-state index >= 15 is 0 Å². The molecule has 1 fully saturated rings. The Balaban J connectivity index is 0.00000200. The zero-order valence-electron chi connectivity index (χ0n) is 11.7. The minimum absolute atomic E-state index is 0. The summed E-state index contributed by atoms with van der Waals surface area (Å²) in [6.07, 6.45) is 1.22. The third-order valence-electron chi connectivity index (χ3n) is 3.11. The maximum Gasteiger partial charge on any atom is 0.191 e. The van der Waals surface area contributed by atoms with Crippen LogP contribution in [-0.4, -0.2) is 32.2 Å². The lowest BCUT2D eigenvalue weighted by Gasteiger charge is -2.12. The van der Waals surface area contributed by atoms with Crippen LogP contribution in [0.25, 0.3) is 0 Å².